The number of carbonyl (C=O) groups excluding carboxylic acids is 1. The molecular weight excluding hydrogens is 228 g/mol. The van der Waals surface area contributed by atoms with Crippen LogP contribution in [-0.2, 0) is 0 Å². The van der Waals surface area contributed by atoms with Crippen molar-refractivity contribution in [3.8, 4) is 6.07 Å². The molecule has 0 aliphatic heterocycles. The van der Waals surface area contributed by atoms with Gasteiger partial charge in [0.1, 0.15) is 11.6 Å². The van der Waals surface area contributed by atoms with Gasteiger partial charge in [-0.1, -0.05) is 0 Å². The predicted octanol–water partition coefficient (Wildman–Crippen LogP) is 2.08. The summed E-state index contributed by atoms with van der Waals surface area (Å²) in [4.78, 5) is 15.1. The van der Waals surface area contributed by atoms with Crippen LogP contribution in [0.2, 0.25) is 0 Å². The van der Waals surface area contributed by atoms with Crippen molar-refractivity contribution in [1.29, 1.82) is 5.26 Å². The summed E-state index contributed by atoms with van der Waals surface area (Å²) in [6.07, 6.45) is 3.24. The highest BCUT2D eigenvalue weighted by molar-refractivity contribution is 6.02. The van der Waals surface area contributed by atoms with Gasteiger partial charge < -0.3 is 4.98 Å². The Hall–Kier alpha value is -2.61. The zero-order valence-electron chi connectivity index (χ0n) is 10.1. The second-order valence-corrected chi connectivity index (χ2v) is 3.94. The lowest BCUT2D eigenvalue weighted by Crippen LogP contribution is -2.15. The van der Waals surface area contributed by atoms with Crippen molar-refractivity contribution < 1.29 is 4.79 Å². The third-order valence-corrected chi connectivity index (χ3v) is 2.47. The quantitative estimate of drug-likeness (QED) is 0.645. The van der Waals surface area contributed by atoms with Crippen molar-refractivity contribution >= 4 is 12.0 Å². The van der Waals surface area contributed by atoms with Gasteiger partial charge in [0, 0.05) is 17.6 Å². The van der Waals surface area contributed by atoms with E-state index < -0.39 is 5.91 Å². The molecule has 0 spiro atoms. The van der Waals surface area contributed by atoms with E-state index in [2.05, 4.69) is 10.1 Å². The zero-order chi connectivity index (χ0) is 13.1. The molecule has 1 N–H and O–H groups in total. The van der Waals surface area contributed by atoms with Crippen molar-refractivity contribution in [2.45, 2.75) is 13.8 Å². The number of allylic oxidation sites excluding steroid dienone is 1. The monoisotopic (exact) mass is 240 g/mol. The molecule has 0 aromatic carbocycles. The molecule has 0 aliphatic rings. The number of nitrogens with zero attached hydrogens (tertiary/aromatic N) is 3. The Bertz CT molecular complexity index is 641. The summed E-state index contributed by atoms with van der Waals surface area (Å²) >= 11 is 0. The molecule has 2 rings (SSSR count). The lowest BCUT2D eigenvalue weighted by atomic mass is 10.2. The van der Waals surface area contributed by atoms with Crippen LogP contribution in [0.5, 0.6) is 0 Å². The van der Waals surface area contributed by atoms with Gasteiger partial charge in [-0.15, -0.1) is 0 Å². The van der Waals surface area contributed by atoms with E-state index in [1.165, 1.54) is 10.8 Å². The number of carbonyl (C=O) groups is 1. The van der Waals surface area contributed by atoms with Crippen molar-refractivity contribution in [2.75, 3.05) is 0 Å². The first-order valence-electron chi connectivity index (χ1n) is 5.45. The van der Waals surface area contributed by atoms with Crippen molar-refractivity contribution in [1.82, 2.24) is 14.8 Å². The number of nitriles is 1. The number of aryl methyl sites for hydroxylation is 2. The molecule has 0 aliphatic carbocycles. The van der Waals surface area contributed by atoms with Gasteiger partial charge in [-0.3, -0.25) is 4.79 Å². The molecule has 0 bridgehead atoms. The number of rotatable bonds is 2. The SMILES string of the molecule is Cc1cc(C)n(C(=O)/C(C#N)=C/c2ccc[nH]2)n1. The number of hydrogen-bond donors (Lipinski definition) is 1. The van der Waals surface area contributed by atoms with Crippen molar-refractivity contribution in [3.05, 3.63) is 47.1 Å². The Morgan fingerprint density at radius 3 is 2.83 bits per heavy atom. The van der Waals surface area contributed by atoms with E-state index in [4.69, 9.17) is 5.26 Å². The standard InChI is InChI=1S/C13H12N4O/c1-9-6-10(2)17(16-9)13(18)11(8-14)7-12-4-3-5-15-12/h3-7,15H,1-2H3/b11-7+. The molecule has 2 aromatic heterocycles. The van der Waals surface area contributed by atoms with Crippen LogP contribution in [0.3, 0.4) is 0 Å². The second-order valence-electron chi connectivity index (χ2n) is 3.94. The van der Waals surface area contributed by atoms with Crippen LogP contribution in [0.15, 0.2) is 30.0 Å². The van der Waals surface area contributed by atoms with Crippen LogP contribution in [0.4, 0.5) is 0 Å². The van der Waals surface area contributed by atoms with Gasteiger partial charge >= 0.3 is 0 Å². The number of hydrogen-bond acceptors (Lipinski definition) is 3. The number of aromatic amines is 1. The maximum absolute atomic E-state index is 12.1. The fraction of sp³-hybridized carbons (Fsp3) is 0.154. The average Bonchev–Trinajstić information content (AvgIpc) is 2.95. The predicted molar refractivity (Wildman–Crippen MR) is 66.7 cm³/mol. The van der Waals surface area contributed by atoms with Gasteiger partial charge in [0.25, 0.3) is 5.91 Å². The Morgan fingerprint density at radius 1 is 1.56 bits per heavy atom. The van der Waals surface area contributed by atoms with Gasteiger partial charge in [0.15, 0.2) is 0 Å². The summed E-state index contributed by atoms with van der Waals surface area (Å²) in [5.41, 5.74) is 2.22. The average molecular weight is 240 g/mol. The minimum atomic E-state index is -0.419. The summed E-state index contributed by atoms with van der Waals surface area (Å²) in [6, 6.07) is 7.28. The third kappa shape index (κ3) is 2.23. The molecule has 0 radical (unpaired) electrons. The molecule has 0 atom stereocenters. The van der Waals surface area contributed by atoms with E-state index in [0.717, 1.165) is 5.69 Å². The first-order chi connectivity index (χ1) is 8.61. The number of nitrogens with one attached hydrogen (secondary N) is 1. The molecule has 2 aromatic rings. The second kappa shape index (κ2) is 4.72. The fourth-order valence-electron chi connectivity index (χ4n) is 1.68. The van der Waals surface area contributed by atoms with Gasteiger partial charge in [0.2, 0.25) is 0 Å². The molecular formula is C13H12N4O. The third-order valence-electron chi connectivity index (χ3n) is 2.47. The summed E-state index contributed by atoms with van der Waals surface area (Å²) in [6.45, 7) is 3.58. The van der Waals surface area contributed by atoms with Gasteiger partial charge in [-0.05, 0) is 38.1 Å². The molecule has 0 unspecified atom stereocenters. The lowest BCUT2D eigenvalue weighted by molar-refractivity contribution is 0.0943. The lowest BCUT2D eigenvalue weighted by Gasteiger charge is -2.00. The van der Waals surface area contributed by atoms with Crippen LogP contribution in [0, 0.1) is 25.2 Å². The number of aromatic nitrogens is 3. The van der Waals surface area contributed by atoms with E-state index in [-0.39, 0.29) is 5.57 Å². The van der Waals surface area contributed by atoms with E-state index in [9.17, 15) is 4.79 Å². The summed E-state index contributed by atoms with van der Waals surface area (Å²) in [7, 11) is 0. The van der Waals surface area contributed by atoms with Gasteiger partial charge in [0.05, 0.1) is 5.69 Å². The highest BCUT2D eigenvalue weighted by Gasteiger charge is 2.15. The molecule has 0 fully saturated rings. The van der Waals surface area contributed by atoms with Gasteiger partial charge in [-0.2, -0.15) is 10.4 Å². The summed E-state index contributed by atoms with van der Waals surface area (Å²) < 4.78 is 1.24. The first-order valence-corrected chi connectivity index (χ1v) is 5.45. The maximum atomic E-state index is 12.1. The molecule has 0 amide bonds. The van der Waals surface area contributed by atoms with Crippen LogP contribution in [0.1, 0.15) is 21.9 Å². The Balaban J connectivity index is 2.38. The largest absolute Gasteiger partial charge is 0.362 e. The summed E-state index contributed by atoms with van der Waals surface area (Å²) in [5, 5.41) is 13.1. The van der Waals surface area contributed by atoms with E-state index in [1.807, 2.05) is 6.07 Å². The molecule has 90 valence electrons. The Morgan fingerprint density at radius 2 is 2.33 bits per heavy atom. The zero-order valence-corrected chi connectivity index (χ0v) is 10.1. The summed E-state index contributed by atoms with van der Waals surface area (Å²) in [5.74, 6) is -0.419. The Labute approximate surface area is 104 Å². The molecule has 0 saturated heterocycles. The fourth-order valence-corrected chi connectivity index (χ4v) is 1.68. The topological polar surface area (TPSA) is 74.5 Å². The van der Waals surface area contributed by atoms with Crippen LogP contribution in [-0.4, -0.2) is 20.7 Å². The first kappa shape index (κ1) is 11.9. The smallest absolute Gasteiger partial charge is 0.289 e. The van der Waals surface area contributed by atoms with Crippen molar-refractivity contribution in [3.63, 3.8) is 0 Å². The van der Waals surface area contributed by atoms with Crippen molar-refractivity contribution in [2.24, 2.45) is 0 Å². The van der Waals surface area contributed by atoms with Crippen LogP contribution < -0.4 is 0 Å². The van der Waals surface area contributed by atoms with E-state index in [0.29, 0.717) is 11.4 Å². The van der Waals surface area contributed by atoms with E-state index >= 15 is 0 Å². The molecule has 5 nitrogen and oxygen atoms in total. The minimum Gasteiger partial charge on any atom is -0.362 e. The molecule has 5 heteroatoms. The van der Waals surface area contributed by atoms with Crippen LogP contribution >= 0.6 is 0 Å². The normalized spacial score (nSPS) is 11.3. The van der Waals surface area contributed by atoms with E-state index in [1.54, 1.807) is 38.2 Å². The molecule has 2 heterocycles. The number of H-pyrrole nitrogens is 1. The minimum absolute atomic E-state index is 0.0450. The van der Waals surface area contributed by atoms with Crippen LogP contribution in [0.25, 0.3) is 6.08 Å². The molecule has 0 saturated carbocycles. The Kier molecular flexibility index (Phi) is 3.11. The molecule has 18 heavy (non-hydrogen) atoms. The maximum Gasteiger partial charge on any atom is 0.289 e. The highest BCUT2D eigenvalue weighted by atomic mass is 16.2. The van der Waals surface area contributed by atoms with Gasteiger partial charge in [-0.25, -0.2) is 4.68 Å². The highest BCUT2D eigenvalue weighted by Crippen LogP contribution is 2.09.